The summed E-state index contributed by atoms with van der Waals surface area (Å²) in [5.74, 6) is 0.159. The van der Waals surface area contributed by atoms with Gasteiger partial charge in [0.05, 0.1) is 10.0 Å². The number of benzene rings is 2. The number of halogens is 2. The summed E-state index contributed by atoms with van der Waals surface area (Å²) >= 11 is 12.0. The number of rotatable bonds is 6. The summed E-state index contributed by atoms with van der Waals surface area (Å²) in [6, 6.07) is 13.6. The van der Waals surface area contributed by atoms with Gasteiger partial charge >= 0.3 is 0 Å². The highest BCUT2D eigenvalue weighted by Gasteiger charge is 2.32. The van der Waals surface area contributed by atoms with E-state index in [9.17, 15) is 4.79 Å². The van der Waals surface area contributed by atoms with Crippen molar-refractivity contribution in [1.29, 1.82) is 0 Å². The molecule has 2 aromatic rings. The van der Waals surface area contributed by atoms with E-state index in [1.165, 1.54) is 0 Å². The van der Waals surface area contributed by atoms with Crippen LogP contribution in [0.25, 0.3) is 0 Å². The fourth-order valence-electron chi connectivity index (χ4n) is 2.79. The van der Waals surface area contributed by atoms with E-state index in [1.54, 1.807) is 6.07 Å². The average molecular weight is 363 g/mol. The monoisotopic (exact) mass is 362 g/mol. The number of anilines is 1. The third-order valence-corrected chi connectivity index (χ3v) is 5.05. The van der Waals surface area contributed by atoms with E-state index in [1.807, 2.05) is 41.3 Å². The van der Waals surface area contributed by atoms with Crippen molar-refractivity contribution in [3.63, 3.8) is 0 Å². The van der Waals surface area contributed by atoms with Crippen LogP contribution in [0.1, 0.15) is 30.4 Å². The summed E-state index contributed by atoms with van der Waals surface area (Å²) in [5.41, 5.74) is 8.73. The van der Waals surface area contributed by atoms with Gasteiger partial charge in [-0.15, -0.1) is 0 Å². The first-order valence-corrected chi connectivity index (χ1v) is 8.87. The fraction of sp³-hybridized carbons (Fsp3) is 0.316. The predicted octanol–water partition coefficient (Wildman–Crippen LogP) is 4.70. The Morgan fingerprint density at radius 2 is 1.88 bits per heavy atom. The molecule has 0 aromatic heterocycles. The first-order valence-electron chi connectivity index (χ1n) is 8.11. The number of nitrogens with two attached hydrogens (primary N) is 1. The molecule has 3 rings (SSSR count). The molecular weight excluding hydrogens is 343 g/mol. The molecule has 1 fully saturated rings. The number of nitrogens with zero attached hydrogens (tertiary/aromatic N) is 1. The highest BCUT2D eigenvalue weighted by Crippen LogP contribution is 2.31. The molecule has 0 unspecified atom stereocenters. The zero-order chi connectivity index (χ0) is 17.1. The van der Waals surface area contributed by atoms with Gasteiger partial charge in [0.1, 0.15) is 0 Å². The van der Waals surface area contributed by atoms with E-state index in [-0.39, 0.29) is 5.91 Å². The first kappa shape index (κ1) is 17.1. The van der Waals surface area contributed by atoms with Crippen LogP contribution in [-0.2, 0) is 17.8 Å². The molecule has 1 aliphatic carbocycles. The zero-order valence-electron chi connectivity index (χ0n) is 13.3. The minimum Gasteiger partial charge on any atom is -0.399 e. The molecule has 0 heterocycles. The second kappa shape index (κ2) is 7.45. The molecule has 0 spiro atoms. The lowest BCUT2D eigenvalue weighted by Gasteiger charge is -2.23. The summed E-state index contributed by atoms with van der Waals surface area (Å²) in [4.78, 5) is 14.6. The van der Waals surface area contributed by atoms with Gasteiger partial charge in [-0.25, -0.2) is 0 Å². The summed E-state index contributed by atoms with van der Waals surface area (Å²) in [6.07, 6.45) is 3.27. The molecule has 3 nitrogen and oxygen atoms in total. The number of carbonyl (C=O) groups excluding carboxylic acids is 1. The molecule has 0 saturated heterocycles. The van der Waals surface area contributed by atoms with Crippen LogP contribution in [0.3, 0.4) is 0 Å². The van der Waals surface area contributed by atoms with Crippen molar-refractivity contribution < 1.29 is 4.79 Å². The van der Waals surface area contributed by atoms with Crippen molar-refractivity contribution in [3.05, 3.63) is 63.6 Å². The third kappa shape index (κ3) is 4.22. The molecule has 5 heteroatoms. The summed E-state index contributed by atoms with van der Waals surface area (Å²) in [6.45, 7) is 0.574. The number of hydrogen-bond acceptors (Lipinski definition) is 2. The van der Waals surface area contributed by atoms with Crippen molar-refractivity contribution in [2.75, 3.05) is 5.73 Å². The van der Waals surface area contributed by atoms with Gasteiger partial charge in [-0.1, -0.05) is 47.5 Å². The lowest BCUT2D eigenvalue weighted by molar-refractivity contribution is -0.132. The second-order valence-corrected chi connectivity index (χ2v) is 7.01. The van der Waals surface area contributed by atoms with E-state index in [0.717, 1.165) is 29.7 Å². The lowest BCUT2D eigenvalue weighted by Crippen LogP contribution is -2.32. The Balaban J connectivity index is 1.65. The number of amides is 1. The maximum atomic E-state index is 12.7. The van der Waals surface area contributed by atoms with E-state index in [2.05, 4.69) is 0 Å². The smallest absolute Gasteiger partial charge is 0.223 e. The van der Waals surface area contributed by atoms with Crippen LogP contribution in [0.4, 0.5) is 5.69 Å². The van der Waals surface area contributed by atoms with E-state index in [0.29, 0.717) is 35.5 Å². The van der Waals surface area contributed by atoms with Gasteiger partial charge in [-0.3, -0.25) is 4.79 Å². The zero-order valence-corrected chi connectivity index (χ0v) is 14.9. The Labute approximate surface area is 152 Å². The molecule has 2 aromatic carbocycles. The molecule has 0 atom stereocenters. The summed E-state index contributed by atoms with van der Waals surface area (Å²) < 4.78 is 0. The molecule has 126 valence electrons. The Morgan fingerprint density at radius 3 is 2.54 bits per heavy atom. The second-order valence-electron chi connectivity index (χ2n) is 6.20. The van der Waals surface area contributed by atoms with E-state index < -0.39 is 0 Å². The standard InChI is InChI=1S/C19H20Cl2N2O/c20-16-9-5-13(11-17(16)21)12-23(15-7-8-15)19(24)10-6-14-3-1-2-4-18(14)22/h1-5,9,11,15H,6-8,10,12,22H2. The molecule has 0 radical (unpaired) electrons. The van der Waals surface area contributed by atoms with Gasteiger partial charge < -0.3 is 10.6 Å². The molecule has 24 heavy (non-hydrogen) atoms. The minimum atomic E-state index is 0.159. The number of hydrogen-bond donors (Lipinski definition) is 1. The van der Waals surface area contributed by atoms with Crippen molar-refractivity contribution >= 4 is 34.8 Å². The molecule has 0 aliphatic heterocycles. The fourth-order valence-corrected chi connectivity index (χ4v) is 3.11. The Morgan fingerprint density at radius 1 is 1.12 bits per heavy atom. The quantitative estimate of drug-likeness (QED) is 0.757. The minimum absolute atomic E-state index is 0.159. The van der Waals surface area contributed by atoms with Gasteiger partial charge in [0.2, 0.25) is 5.91 Å². The van der Waals surface area contributed by atoms with Gasteiger partial charge in [-0.2, -0.15) is 0 Å². The Bertz CT molecular complexity index is 744. The molecular formula is C19H20Cl2N2O. The molecule has 2 N–H and O–H groups in total. The Kier molecular flexibility index (Phi) is 5.32. The molecule has 0 bridgehead atoms. The van der Waals surface area contributed by atoms with Crippen molar-refractivity contribution in [2.24, 2.45) is 0 Å². The van der Waals surface area contributed by atoms with E-state index >= 15 is 0 Å². The largest absolute Gasteiger partial charge is 0.399 e. The molecule has 1 saturated carbocycles. The van der Waals surface area contributed by atoms with Crippen LogP contribution < -0.4 is 5.73 Å². The summed E-state index contributed by atoms with van der Waals surface area (Å²) in [7, 11) is 0. The first-order chi connectivity index (χ1) is 11.5. The SMILES string of the molecule is Nc1ccccc1CCC(=O)N(Cc1ccc(Cl)c(Cl)c1)C1CC1. The van der Waals surface area contributed by atoms with Gasteiger partial charge in [0.25, 0.3) is 0 Å². The number of carbonyl (C=O) groups is 1. The summed E-state index contributed by atoms with van der Waals surface area (Å²) in [5, 5.41) is 1.05. The topological polar surface area (TPSA) is 46.3 Å². The van der Waals surface area contributed by atoms with Gasteiger partial charge in [0.15, 0.2) is 0 Å². The number of nitrogen functional groups attached to an aromatic ring is 1. The van der Waals surface area contributed by atoms with E-state index in [4.69, 9.17) is 28.9 Å². The number of para-hydroxylation sites is 1. The molecule has 1 amide bonds. The van der Waals surface area contributed by atoms with Gasteiger partial charge in [-0.05, 0) is 48.6 Å². The maximum Gasteiger partial charge on any atom is 0.223 e. The van der Waals surface area contributed by atoms with Crippen molar-refractivity contribution in [1.82, 2.24) is 4.90 Å². The van der Waals surface area contributed by atoms with Gasteiger partial charge in [0, 0.05) is 24.7 Å². The maximum absolute atomic E-state index is 12.7. The van der Waals surface area contributed by atoms with Crippen molar-refractivity contribution in [2.45, 2.75) is 38.3 Å². The Hall–Kier alpha value is -1.71. The molecule has 1 aliphatic rings. The van der Waals surface area contributed by atoms with Crippen LogP contribution in [0.15, 0.2) is 42.5 Å². The van der Waals surface area contributed by atoms with Crippen LogP contribution in [0.2, 0.25) is 10.0 Å². The lowest BCUT2D eigenvalue weighted by atomic mass is 10.1. The van der Waals surface area contributed by atoms with Crippen LogP contribution >= 0.6 is 23.2 Å². The van der Waals surface area contributed by atoms with Crippen LogP contribution in [-0.4, -0.2) is 16.8 Å². The third-order valence-electron chi connectivity index (χ3n) is 4.31. The van der Waals surface area contributed by atoms with Crippen LogP contribution in [0, 0.1) is 0 Å². The number of aryl methyl sites for hydroxylation is 1. The van der Waals surface area contributed by atoms with Crippen LogP contribution in [0.5, 0.6) is 0 Å². The van der Waals surface area contributed by atoms with Crippen molar-refractivity contribution in [3.8, 4) is 0 Å². The normalized spacial score (nSPS) is 13.8. The average Bonchev–Trinajstić information content (AvgIpc) is 3.39. The highest BCUT2D eigenvalue weighted by atomic mass is 35.5. The predicted molar refractivity (Wildman–Crippen MR) is 99.2 cm³/mol. The highest BCUT2D eigenvalue weighted by molar-refractivity contribution is 6.42.